The molecule has 2 unspecified atom stereocenters. The highest BCUT2D eigenvalue weighted by Gasteiger charge is 2.23. The summed E-state index contributed by atoms with van der Waals surface area (Å²) in [6, 6.07) is 3.97. The first-order valence-electron chi connectivity index (χ1n) is 5.54. The number of hydrogen-bond acceptors (Lipinski definition) is 6. The van der Waals surface area contributed by atoms with Gasteiger partial charge in [-0.05, 0) is 11.6 Å². The van der Waals surface area contributed by atoms with Gasteiger partial charge in [-0.2, -0.15) is 5.10 Å². The number of non-ortho nitro benzene ring substituents is 1. The number of nitrogens with one attached hydrogen (secondary N) is 1. The largest absolute Gasteiger partial charge is 0.390 e. The van der Waals surface area contributed by atoms with E-state index in [9.17, 15) is 20.3 Å². The van der Waals surface area contributed by atoms with Crippen LogP contribution in [0, 0.1) is 10.1 Å². The van der Waals surface area contributed by atoms with Crippen molar-refractivity contribution in [3.05, 3.63) is 44.5 Å². The number of aromatic amines is 1. The summed E-state index contributed by atoms with van der Waals surface area (Å²) in [7, 11) is 0. The zero-order valence-electron chi connectivity index (χ0n) is 10.0. The van der Waals surface area contributed by atoms with Crippen molar-refractivity contribution in [2.24, 2.45) is 5.11 Å². The second kappa shape index (κ2) is 5.53. The average Bonchev–Trinajstić information content (AvgIpc) is 2.86. The minimum absolute atomic E-state index is 0.129. The fraction of sp³-hybridized carbons (Fsp3) is 0.300. The van der Waals surface area contributed by atoms with Crippen molar-refractivity contribution in [3.8, 4) is 0 Å². The number of nitrogens with zero attached hydrogens (tertiary/aromatic N) is 5. The highest BCUT2D eigenvalue weighted by molar-refractivity contribution is 5.84. The standard InChI is InChI=1S/C10H10N6O4/c11-15-12-4-8(17)10(18)9-6-3-5(16(19)20)1-2-7(6)13-14-9/h1-3,8,10,17-18H,4H2,(H,13,14). The average molecular weight is 278 g/mol. The number of azide groups is 1. The van der Waals surface area contributed by atoms with Gasteiger partial charge >= 0.3 is 0 Å². The van der Waals surface area contributed by atoms with Crippen LogP contribution in [-0.2, 0) is 0 Å². The lowest BCUT2D eigenvalue weighted by atomic mass is 10.1. The van der Waals surface area contributed by atoms with Gasteiger partial charge in [0.25, 0.3) is 5.69 Å². The molecule has 20 heavy (non-hydrogen) atoms. The van der Waals surface area contributed by atoms with Crippen molar-refractivity contribution >= 4 is 16.6 Å². The number of aliphatic hydroxyl groups excluding tert-OH is 2. The molecular formula is C10H10N6O4. The third kappa shape index (κ3) is 2.52. The lowest BCUT2D eigenvalue weighted by Crippen LogP contribution is -2.21. The second-order valence-corrected chi connectivity index (χ2v) is 4.02. The van der Waals surface area contributed by atoms with Gasteiger partial charge in [0.15, 0.2) is 0 Å². The Bertz CT molecular complexity index is 692. The number of benzene rings is 1. The second-order valence-electron chi connectivity index (χ2n) is 4.02. The molecule has 1 heterocycles. The van der Waals surface area contributed by atoms with Gasteiger partial charge in [-0.3, -0.25) is 15.2 Å². The number of H-pyrrole nitrogens is 1. The lowest BCUT2D eigenvalue weighted by molar-refractivity contribution is -0.384. The fourth-order valence-electron chi connectivity index (χ4n) is 1.77. The van der Waals surface area contributed by atoms with E-state index in [0.29, 0.717) is 10.9 Å². The van der Waals surface area contributed by atoms with Crippen LogP contribution in [0.2, 0.25) is 0 Å². The molecule has 2 atom stereocenters. The predicted octanol–water partition coefficient (Wildman–Crippen LogP) is 1.18. The summed E-state index contributed by atoms with van der Waals surface area (Å²) in [5.74, 6) is 0. The summed E-state index contributed by atoms with van der Waals surface area (Å²) in [5.41, 5.74) is 8.56. The molecule has 2 rings (SSSR count). The first-order chi connectivity index (χ1) is 9.54. The van der Waals surface area contributed by atoms with Crippen LogP contribution in [0.4, 0.5) is 5.69 Å². The monoisotopic (exact) mass is 278 g/mol. The molecule has 0 spiro atoms. The van der Waals surface area contributed by atoms with Crippen molar-refractivity contribution in [1.82, 2.24) is 10.2 Å². The summed E-state index contributed by atoms with van der Waals surface area (Å²) >= 11 is 0. The third-order valence-corrected chi connectivity index (χ3v) is 2.77. The predicted molar refractivity (Wildman–Crippen MR) is 67.7 cm³/mol. The first kappa shape index (κ1) is 13.7. The fourth-order valence-corrected chi connectivity index (χ4v) is 1.77. The summed E-state index contributed by atoms with van der Waals surface area (Å²) in [5, 5.41) is 40.2. The van der Waals surface area contributed by atoms with Crippen molar-refractivity contribution < 1.29 is 15.1 Å². The Morgan fingerprint density at radius 2 is 2.30 bits per heavy atom. The molecule has 0 saturated heterocycles. The van der Waals surface area contributed by atoms with E-state index in [1.54, 1.807) is 0 Å². The molecule has 0 aliphatic rings. The molecule has 0 aliphatic carbocycles. The third-order valence-electron chi connectivity index (χ3n) is 2.77. The van der Waals surface area contributed by atoms with Crippen LogP contribution in [0.15, 0.2) is 23.3 Å². The highest BCUT2D eigenvalue weighted by atomic mass is 16.6. The maximum Gasteiger partial charge on any atom is 0.270 e. The minimum Gasteiger partial charge on any atom is -0.390 e. The molecule has 10 heteroatoms. The van der Waals surface area contributed by atoms with E-state index in [2.05, 4.69) is 20.2 Å². The van der Waals surface area contributed by atoms with Crippen LogP contribution in [0.5, 0.6) is 0 Å². The lowest BCUT2D eigenvalue weighted by Gasteiger charge is -2.14. The Kier molecular flexibility index (Phi) is 3.80. The first-order valence-corrected chi connectivity index (χ1v) is 5.54. The maximum absolute atomic E-state index is 10.7. The summed E-state index contributed by atoms with van der Waals surface area (Å²) in [4.78, 5) is 12.6. The van der Waals surface area contributed by atoms with Gasteiger partial charge in [0, 0.05) is 22.4 Å². The van der Waals surface area contributed by atoms with E-state index in [4.69, 9.17) is 5.53 Å². The van der Waals surface area contributed by atoms with E-state index < -0.39 is 17.1 Å². The quantitative estimate of drug-likeness (QED) is 0.245. The number of aliphatic hydroxyl groups is 2. The van der Waals surface area contributed by atoms with Crippen LogP contribution in [0.25, 0.3) is 21.3 Å². The maximum atomic E-state index is 10.7. The molecule has 10 nitrogen and oxygen atoms in total. The number of rotatable bonds is 5. The van der Waals surface area contributed by atoms with Crippen LogP contribution in [0.1, 0.15) is 11.8 Å². The molecule has 3 N–H and O–H groups in total. The zero-order chi connectivity index (χ0) is 14.7. The molecule has 0 saturated carbocycles. The Morgan fingerprint density at radius 1 is 1.55 bits per heavy atom. The van der Waals surface area contributed by atoms with E-state index in [1.165, 1.54) is 18.2 Å². The molecule has 1 aromatic carbocycles. The summed E-state index contributed by atoms with van der Waals surface area (Å²) in [6.45, 7) is -0.326. The minimum atomic E-state index is -1.40. The van der Waals surface area contributed by atoms with Gasteiger partial charge in [-0.15, -0.1) is 0 Å². The van der Waals surface area contributed by atoms with Crippen molar-refractivity contribution in [3.63, 3.8) is 0 Å². The molecule has 0 fully saturated rings. The van der Waals surface area contributed by atoms with E-state index in [0.717, 1.165) is 0 Å². The summed E-state index contributed by atoms with van der Waals surface area (Å²) in [6.07, 6.45) is -2.73. The smallest absolute Gasteiger partial charge is 0.270 e. The van der Waals surface area contributed by atoms with Gasteiger partial charge in [-0.25, -0.2) is 0 Å². The number of fused-ring (bicyclic) bond motifs is 1. The Balaban J connectivity index is 2.40. The molecule has 0 bridgehead atoms. The van der Waals surface area contributed by atoms with Crippen LogP contribution >= 0.6 is 0 Å². The number of nitro benzene ring substituents is 1. The van der Waals surface area contributed by atoms with Gasteiger partial charge in [0.05, 0.1) is 28.8 Å². The SMILES string of the molecule is [N-]=[N+]=NCC(O)C(O)c1[nH]nc2ccc([N+](=O)[O-])cc12. The van der Waals surface area contributed by atoms with Gasteiger partial charge < -0.3 is 10.2 Å². The molecule has 104 valence electrons. The molecule has 0 amide bonds. The van der Waals surface area contributed by atoms with Gasteiger partial charge in [-0.1, -0.05) is 5.11 Å². The van der Waals surface area contributed by atoms with E-state index >= 15 is 0 Å². The normalized spacial score (nSPS) is 13.7. The number of nitro groups is 1. The number of hydrogen-bond donors (Lipinski definition) is 3. The van der Waals surface area contributed by atoms with Crippen LogP contribution in [0.3, 0.4) is 0 Å². The van der Waals surface area contributed by atoms with Crippen LogP contribution in [-0.4, -0.2) is 38.0 Å². The van der Waals surface area contributed by atoms with Crippen LogP contribution < -0.4 is 0 Å². The van der Waals surface area contributed by atoms with E-state index in [1.807, 2.05) is 0 Å². The molecule has 1 aromatic heterocycles. The van der Waals surface area contributed by atoms with Gasteiger partial charge in [0.1, 0.15) is 6.10 Å². The Hall–Kier alpha value is -2.68. The molecule has 2 aromatic rings. The van der Waals surface area contributed by atoms with Crippen molar-refractivity contribution in [2.45, 2.75) is 12.2 Å². The molecule has 0 aliphatic heterocycles. The Morgan fingerprint density at radius 3 is 2.95 bits per heavy atom. The summed E-state index contributed by atoms with van der Waals surface area (Å²) < 4.78 is 0. The number of aromatic nitrogens is 2. The molecular weight excluding hydrogens is 268 g/mol. The Labute approximate surface area is 111 Å². The molecule has 0 radical (unpaired) electrons. The van der Waals surface area contributed by atoms with E-state index in [-0.39, 0.29) is 17.9 Å². The van der Waals surface area contributed by atoms with Gasteiger partial charge in [0.2, 0.25) is 0 Å². The van der Waals surface area contributed by atoms with Crippen molar-refractivity contribution in [2.75, 3.05) is 6.54 Å². The highest BCUT2D eigenvalue weighted by Crippen LogP contribution is 2.27. The topological polar surface area (TPSA) is 161 Å². The van der Waals surface area contributed by atoms with Crippen molar-refractivity contribution in [1.29, 1.82) is 0 Å². The zero-order valence-corrected chi connectivity index (χ0v) is 10.0.